The Morgan fingerprint density at radius 1 is 1.04 bits per heavy atom. The number of amides is 1. The normalized spacial score (nSPS) is 30.8. The molecule has 2 heterocycles. The summed E-state index contributed by atoms with van der Waals surface area (Å²) in [5, 5.41) is 13.9. The third-order valence-corrected chi connectivity index (χ3v) is 5.87. The quantitative estimate of drug-likeness (QED) is 0.815. The molecule has 4 rings (SSSR count). The van der Waals surface area contributed by atoms with Crippen LogP contribution < -0.4 is 5.32 Å². The predicted molar refractivity (Wildman–Crippen MR) is 94.3 cm³/mol. The average Bonchev–Trinajstić information content (AvgIpc) is 3.38. The summed E-state index contributed by atoms with van der Waals surface area (Å²) in [6.07, 6.45) is 11.5. The second-order valence-corrected chi connectivity index (χ2v) is 7.77. The van der Waals surface area contributed by atoms with Gasteiger partial charge in [0.1, 0.15) is 5.82 Å². The van der Waals surface area contributed by atoms with E-state index in [1.54, 1.807) is 12.4 Å². The van der Waals surface area contributed by atoms with Gasteiger partial charge in [0, 0.05) is 24.4 Å². The lowest BCUT2D eigenvalue weighted by molar-refractivity contribution is 0.0338. The van der Waals surface area contributed by atoms with Gasteiger partial charge in [-0.1, -0.05) is 12.8 Å². The molecule has 1 aromatic rings. The number of rotatable bonds is 4. The first kappa shape index (κ1) is 16.9. The first-order chi connectivity index (χ1) is 12.2. The van der Waals surface area contributed by atoms with Gasteiger partial charge in [0.05, 0.1) is 17.7 Å². The van der Waals surface area contributed by atoms with Crippen LogP contribution in [0, 0.1) is 0 Å². The number of hydrogen-bond donors (Lipinski definition) is 2. The van der Waals surface area contributed by atoms with Crippen molar-refractivity contribution < 1.29 is 9.90 Å². The Labute approximate surface area is 149 Å². The number of carbonyl (C=O) groups is 1. The molecule has 25 heavy (non-hydrogen) atoms. The highest BCUT2D eigenvalue weighted by Crippen LogP contribution is 2.37. The monoisotopic (exact) mass is 344 g/mol. The van der Waals surface area contributed by atoms with Gasteiger partial charge in [0.2, 0.25) is 0 Å². The highest BCUT2D eigenvalue weighted by molar-refractivity contribution is 5.93. The lowest BCUT2D eigenvalue weighted by atomic mass is 10.00. The molecule has 0 bridgehead atoms. The third kappa shape index (κ3) is 3.85. The summed E-state index contributed by atoms with van der Waals surface area (Å²) < 4.78 is 0. The Morgan fingerprint density at radius 3 is 2.40 bits per heavy atom. The van der Waals surface area contributed by atoms with Crippen LogP contribution in [0.4, 0.5) is 0 Å². The smallest absolute Gasteiger partial charge is 0.254 e. The van der Waals surface area contributed by atoms with Crippen molar-refractivity contribution in [3.05, 3.63) is 23.8 Å². The lowest BCUT2D eigenvalue weighted by Crippen LogP contribution is -2.52. The lowest BCUT2D eigenvalue weighted by Gasteiger charge is -2.34. The zero-order valence-corrected chi connectivity index (χ0v) is 14.7. The molecule has 3 aliphatic rings. The van der Waals surface area contributed by atoms with Crippen molar-refractivity contribution in [3.63, 3.8) is 0 Å². The molecule has 0 unspecified atom stereocenters. The Bertz CT molecular complexity index is 596. The second kappa shape index (κ2) is 7.38. The number of likely N-dealkylation sites (tertiary alicyclic amines) is 1. The first-order valence-corrected chi connectivity index (χ1v) is 9.77. The minimum atomic E-state index is -0.504. The SMILES string of the molecule is O=C(N[C@@H]1CCCC[C@@H](N2CCCC2)[C@@H]1O)c1cnc(C2CC2)nc1. The van der Waals surface area contributed by atoms with Crippen molar-refractivity contribution >= 4 is 5.91 Å². The fourth-order valence-electron chi connectivity index (χ4n) is 4.22. The topological polar surface area (TPSA) is 78.4 Å². The fourth-order valence-corrected chi connectivity index (χ4v) is 4.22. The zero-order chi connectivity index (χ0) is 17.2. The molecule has 0 spiro atoms. The molecule has 3 atom stereocenters. The van der Waals surface area contributed by atoms with Crippen LogP contribution in [0.15, 0.2) is 12.4 Å². The van der Waals surface area contributed by atoms with E-state index < -0.39 is 6.10 Å². The molecule has 2 N–H and O–H groups in total. The highest BCUT2D eigenvalue weighted by Gasteiger charge is 2.35. The second-order valence-electron chi connectivity index (χ2n) is 7.77. The van der Waals surface area contributed by atoms with Gasteiger partial charge in [-0.05, 0) is 51.6 Å². The molecule has 2 aliphatic carbocycles. The number of aliphatic hydroxyl groups is 1. The summed E-state index contributed by atoms with van der Waals surface area (Å²) in [5.41, 5.74) is 0.485. The highest BCUT2D eigenvalue weighted by atomic mass is 16.3. The molecule has 1 saturated heterocycles. The molecule has 2 saturated carbocycles. The molecule has 136 valence electrons. The fraction of sp³-hybridized carbons (Fsp3) is 0.737. The van der Waals surface area contributed by atoms with E-state index in [1.807, 2.05) is 0 Å². The minimum absolute atomic E-state index is 0.170. The number of aliphatic hydroxyl groups excluding tert-OH is 1. The van der Waals surface area contributed by atoms with Crippen LogP contribution in [0.1, 0.15) is 73.5 Å². The molecular weight excluding hydrogens is 316 g/mol. The van der Waals surface area contributed by atoms with Crippen molar-refractivity contribution in [1.29, 1.82) is 0 Å². The molecule has 1 aliphatic heterocycles. The number of hydrogen-bond acceptors (Lipinski definition) is 5. The molecule has 1 aromatic heterocycles. The zero-order valence-electron chi connectivity index (χ0n) is 14.7. The Morgan fingerprint density at radius 2 is 1.72 bits per heavy atom. The predicted octanol–water partition coefficient (Wildman–Crippen LogP) is 1.85. The summed E-state index contributed by atoms with van der Waals surface area (Å²) in [7, 11) is 0. The maximum atomic E-state index is 12.6. The Balaban J connectivity index is 1.41. The Kier molecular flexibility index (Phi) is 4.99. The molecule has 0 aromatic carbocycles. The molecule has 6 nitrogen and oxygen atoms in total. The van der Waals surface area contributed by atoms with Crippen molar-refractivity contribution in [3.8, 4) is 0 Å². The van der Waals surface area contributed by atoms with E-state index >= 15 is 0 Å². The van der Waals surface area contributed by atoms with Crippen LogP contribution >= 0.6 is 0 Å². The van der Waals surface area contributed by atoms with Crippen LogP contribution in [0.5, 0.6) is 0 Å². The van der Waals surface area contributed by atoms with Crippen LogP contribution in [-0.4, -0.2) is 57.2 Å². The molecule has 3 fully saturated rings. The van der Waals surface area contributed by atoms with Gasteiger partial charge in [-0.15, -0.1) is 0 Å². The minimum Gasteiger partial charge on any atom is -0.389 e. The van der Waals surface area contributed by atoms with Gasteiger partial charge in [-0.2, -0.15) is 0 Å². The van der Waals surface area contributed by atoms with Crippen LogP contribution in [-0.2, 0) is 0 Å². The summed E-state index contributed by atoms with van der Waals surface area (Å²) in [6.45, 7) is 2.14. The van der Waals surface area contributed by atoms with E-state index in [2.05, 4.69) is 20.2 Å². The van der Waals surface area contributed by atoms with Crippen LogP contribution in [0.3, 0.4) is 0 Å². The van der Waals surface area contributed by atoms with Gasteiger partial charge in [-0.3, -0.25) is 9.69 Å². The van der Waals surface area contributed by atoms with E-state index in [4.69, 9.17) is 0 Å². The van der Waals surface area contributed by atoms with Gasteiger partial charge < -0.3 is 10.4 Å². The maximum Gasteiger partial charge on any atom is 0.254 e. The van der Waals surface area contributed by atoms with Crippen molar-refractivity contribution in [2.75, 3.05) is 13.1 Å². The van der Waals surface area contributed by atoms with Crippen molar-refractivity contribution in [1.82, 2.24) is 20.2 Å². The van der Waals surface area contributed by atoms with Crippen molar-refractivity contribution in [2.45, 2.75) is 75.5 Å². The summed E-state index contributed by atoms with van der Waals surface area (Å²) >= 11 is 0. The molecule has 6 heteroatoms. The van der Waals surface area contributed by atoms with Gasteiger partial charge in [0.25, 0.3) is 5.91 Å². The van der Waals surface area contributed by atoms with Gasteiger partial charge >= 0.3 is 0 Å². The van der Waals surface area contributed by atoms with Gasteiger partial charge in [0.15, 0.2) is 0 Å². The van der Waals surface area contributed by atoms with E-state index in [-0.39, 0.29) is 18.0 Å². The Hall–Kier alpha value is -1.53. The van der Waals surface area contributed by atoms with E-state index in [0.717, 1.165) is 57.4 Å². The van der Waals surface area contributed by atoms with Gasteiger partial charge in [-0.25, -0.2) is 9.97 Å². The third-order valence-electron chi connectivity index (χ3n) is 5.87. The van der Waals surface area contributed by atoms with Crippen LogP contribution in [0.25, 0.3) is 0 Å². The van der Waals surface area contributed by atoms with E-state index in [9.17, 15) is 9.90 Å². The van der Waals surface area contributed by atoms with E-state index in [0.29, 0.717) is 11.5 Å². The van der Waals surface area contributed by atoms with E-state index in [1.165, 1.54) is 12.8 Å². The molecular formula is C19H28N4O2. The number of nitrogens with one attached hydrogen (secondary N) is 1. The number of nitrogens with zero attached hydrogens (tertiary/aromatic N) is 3. The summed E-state index contributed by atoms with van der Waals surface area (Å²) in [4.78, 5) is 23.6. The first-order valence-electron chi connectivity index (χ1n) is 9.77. The summed E-state index contributed by atoms with van der Waals surface area (Å²) in [6, 6.07) is -0.0208. The maximum absolute atomic E-state index is 12.6. The average molecular weight is 344 g/mol. The molecule has 0 radical (unpaired) electrons. The standard InChI is InChI=1S/C19H28N4O2/c24-17-15(5-1-2-6-16(17)23-9-3-4-10-23)22-19(25)14-11-20-18(21-12-14)13-7-8-13/h11-13,15-17,24H,1-10H2,(H,22,25)/t15-,16-,17-/m1/s1. The molecule has 1 amide bonds. The largest absolute Gasteiger partial charge is 0.389 e. The summed E-state index contributed by atoms with van der Waals surface area (Å²) in [5.74, 6) is 1.16. The number of aromatic nitrogens is 2. The van der Waals surface area contributed by atoms with Crippen molar-refractivity contribution in [2.24, 2.45) is 0 Å². The van der Waals surface area contributed by atoms with Crippen LogP contribution in [0.2, 0.25) is 0 Å². The number of carbonyl (C=O) groups excluding carboxylic acids is 1.